The molecule has 8 nitrogen and oxygen atoms in total. The molecule has 3 aromatic rings. The van der Waals surface area contributed by atoms with Gasteiger partial charge in [-0.3, -0.25) is 14.9 Å². The van der Waals surface area contributed by atoms with Crippen LogP contribution in [0, 0.1) is 10.1 Å². The van der Waals surface area contributed by atoms with Crippen molar-refractivity contribution in [2.45, 2.75) is 0 Å². The minimum Gasteiger partial charge on any atom is -0.504 e. The second-order valence-corrected chi connectivity index (χ2v) is 6.73. The van der Waals surface area contributed by atoms with Crippen molar-refractivity contribution in [2.24, 2.45) is 4.99 Å². The standard InChI is InChI=1S/C23H17N3O5/c1-31-21-10-7-14(12-20(21)27)11-19-23(28)25-18-9-8-16(26(29)30)13-17(18)22(24-19)15-5-3-2-4-6-15/h2-13,27H,1H3,(H,25,28)/b19-11+. The van der Waals surface area contributed by atoms with Crippen molar-refractivity contribution >= 4 is 29.1 Å². The van der Waals surface area contributed by atoms with Crippen LogP contribution in [0.4, 0.5) is 11.4 Å². The third-order valence-electron chi connectivity index (χ3n) is 4.74. The summed E-state index contributed by atoms with van der Waals surface area (Å²) in [4.78, 5) is 28.3. The van der Waals surface area contributed by atoms with Gasteiger partial charge in [0.1, 0.15) is 5.70 Å². The number of carbonyl (C=O) groups is 1. The molecule has 31 heavy (non-hydrogen) atoms. The molecule has 0 bridgehead atoms. The Bertz CT molecular complexity index is 1250. The summed E-state index contributed by atoms with van der Waals surface area (Å²) in [5.74, 6) is -0.242. The lowest BCUT2D eigenvalue weighted by Crippen LogP contribution is -2.12. The topological polar surface area (TPSA) is 114 Å². The summed E-state index contributed by atoms with van der Waals surface area (Å²) in [6, 6.07) is 18.0. The summed E-state index contributed by atoms with van der Waals surface area (Å²) in [6.07, 6.45) is 1.53. The average Bonchev–Trinajstić information content (AvgIpc) is 2.90. The highest BCUT2D eigenvalue weighted by Gasteiger charge is 2.24. The van der Waals surface area contributed by atoms with Gasteiger partial charge in [-0.05, 0) is 29.8 Å². The van der Waals surface area contributed by atoms with E-state index < -0.39 is 10.8 Å². The van der Waals surface area contributed by atoms with E-state index >= 15 is 0 Å². The van der Waals surface area contributed by atoms with E-state index in [4.69, 9.17) is 4.74 Å². The molecule has 0 radical (unpaired) electrons. The number of hydrogen-bond donors (Lipinski definition) is 2. The fourth-order valence-corrected chi connectivity index (χ4v) is 3.24. The molecule has 0 fully saturated rings. The minimum absolute atomic E-state index is 0.0722. The van der Waals surface area contributed by atoms with Crippen LogP contribution in [0.15, 0.2) is 77.4 Å². The smallest absolute Gasteiger partial charge is 0.274 e. The first-order chi connectivity index (χ1) is 15.0. The molecule has 3 aromatic carbocycles. The summed E-state index contributed by atoms with van der Waals surface area (Å²) >= 11 is 0. The summed E-state index contributed by atoms with van der Waals surface area (Å²) in [5, 5.41) is 24.1. The van der Waals surface area contributed by atoms with Crippen LogP contribution in [0.3, 0.4) is 0 Å². The molecule has 4 rings (SSSR count). The summed E-state index contributed by atoms with van der Waals surface area (Å²) in [5.41, 5.74) is 2.49. The Morgan fingerprint density at radius 3 is 2.55 bits per heavy atom. The number of nitrogens with one attached hydrogen (secondary N) is 1. The molecule has 2 N–H and O–H groups in total. The summed E-state index contributed by atoms with van der Waals surface area (Å²) < 4.78 is 5.05. The van der Waals surface area contributed by atoms with Gasteiger partial charge in [-0.1, -0.05) is 36.4 Å². The third kappa shape index (κ3) is 3.99. The van der Waals surface area contributed by atoms with Crippen molar-refractivity contribution < 1.29 is 19.6 Å². The number of aromatic hydroxyl groups is 1. The molecule has 0 saturated carbocycles. The Kier molecular flexibility index (Phi) is 5.19. The lowest BCUT2D eigenvalue weighted by Gasteiger charge is -2.09. The number of anilines is 1. The molecule has 1 heterocycles. The number of benzodiazepines with no additional fused rings is 1. The largest absolute Gasteiger partial charge is 0.504 e. The number of nitro benzene ring substituents is 1. The van der Waals surface area contributed by atoms with E-state index in [9.17, 15) is 20.0 Å². The Morgan fingerprint density at radius 2 is 1.87 bits per heavy atom. The fraction of sp³-hybridized carbons (Fsp3) is 0.0435. The number of aliphatic imine (C=N–C) groups is 1. The van der Waals surface area contributed by atoms with Crippen LogP contribution in [0.5, 0.6) is 11.5 Å². The van der Waals surface area contributed by atoms with Crippen molar-refractivity contribution in [3.05, 3.63) is 99.2 Å². The molecular weight excluding hydrogens is 398 g/mol. The monoisotopic (exact) mass is 415 g/mol. The zero-order valence-electron chi connectivity index (χ0n) is 16.4. The van der Waals surface area contributed by atoms with Crippen molar-refractivity contribution in [2.75, 3.05) is 12.4 Å². The van der Waals surface area contributed by atoms with Gasteiger partial charge in [0.05, 0.1) is 23.4 Å². The van der Waals surface area contributed by atoms with Gasteiger partial charge in [-0.15, -0.1) is 0 Å². The maximum absolute atomic E-state index is 12.9. The molecule has 0 spiro atoms. The van der Waals surface area contributed by atoms with Crippen LogP contribution >= 0.6 is 0 Å². The maximum atomic E-state index is 12.9. The van der Waals surface area contributed by atoms with Crippen LogP contribution in [0.1, 0.15) is 16.7 Å². The summed E-state index contributed by atoms with van der Waals surface area (Å²) in [7, 11) is 1.44. The van der Waals surface area contributed by atoms with Crippen molar-refractivity contribution in [3.8, 4) is 11.5 Å². The van der Waals surface area contributed by atoms with E-state index in [-0.39, 0.29) is 17.1 Å². The minimum atomic E-state index is -0.494. The SMILES string of the molecule is COc1ccc(/C=C2/N=C(c3ccccc3)c3cc([N+](=O)[O-])ccc3NC2=O)cc1O. The predicted octanol–water partition coefficient (Wildman–Crippen LogP) is 4.14. The number of methoxy groups -OCH3 is 1. The first kappa shape index (κ1) is 19.8. The van der Waals surface area contributed by atoms with Crippen molar-refractivity contribution in [3.63, 3.8) is 0 Å². The summed E-state index contributed by atoms with van der Waals surface area (Å²) in [6.45, 7) is 0. The quantitative estimate of drug-likeness (QED) is 0.378. The number of non-ortho nitro benzene ring substituents is 1. The normalized spacial score (nSPS) is 14.3. The van der Waals surface area contributed by atoms with Crippen LogP contribution in [0.2, 0.25) is 0 Å². The van der Waals surface area contributed by atoms with Gasteiger partial charge in [0.2, 0.25) is 0 Å². The van der Waals surface area contributed by atoms with Gasteiger partial charge >= 0.3 is 0 Å². The van der Waals surface area contributed by atoms with Crippen LogP contribution < -0.4 is 10.1 Å². The van der Waals surface area contributed by atoms with E-state index in [1.54, 1.807) is 12.1 Å². The highest BCUT2D eigenvalue weighted by atomic mass is 16.6. The molecule has 154 valence electrons. The second kappa shape index (κ2) is 8.11. The molecule has 0 unspecified atom stereocenters. The number of fused-ring (bicyclic) bond motifs is 1. The first-order valence-corrected chi connectivity index (χ1v) is 9.29. The number of rotatable bonds is 4. The Hall–Kier alpha value is -4.46. The number of phenols is 1. The number of amides is 1. The molecule has 1 amide bonds. The highest BCUT2D eigenvalue weighted by Crippen LogP contribution is 2.31. The number of hydrogen-bond acceptors (Lipinski definition) is 6. The van der Waals surface area contributed by atoms with Gasteiger partial charge in [-0.25, -0.2) is 4.99 Å². The molecule has 0 aromatic heterocycles. The number of phenolic OH excluding ortho intramolecular Hbond substituents is 1. The molecule has 0 aliphatic carbocycles. The van der Waals surface area contributed by atoms with Gasteiger partial charge < -0.3 is 15.2 Å². The van der Waals surface area contributed by atoms with E-state index in [1.165, 1.54) is 37.5 Å². The first-order valence-electron chi connectivity index (χ1n) is 9.29. The number of benzene rings is 3. The van der Waals surface area contributed by atoms with E-state index in [2.05, 4.69) is 10.3 Å². The van der Waals surface area contributed by atoms with Crippen LogP contribution in [-0.2, 0) is 4.79 Å². The number of carbonyl (C=O) groups excluding carboxylic acids is 1. The molecule has 1 aliphatic heterocycles. The maximum Gasteiger partial charge on any atom is 0.274 e. The van der Waals surface area contributed by atoms with Gasteiger partial charge in [-0.2, -0.15) is 0 Å². The molecule has 0 atom stereocenters. The zero-order valence-corrected chi connectivity index (χ0v) is 16.4. The van der Waals surface area contributed by atoms with Crippen LogP contribution in [-0.4, -0.2) is 28.8 Å². The van der Waals surface area contributed by atoms with Gasteiger partial charge in [0.15, 0.2) is 11.5 Å². The van der Waals surface area contributed by atoms with Gasteiger partial charge in [0.25, 0.3) is 11.6 Å². The Balaban J connectivity index is 1.90. The average molecular weight is 415 g/mol. The second-order valence-electron chi connectivity index (χ2n) is 6.73. The Morgan fingerprint density at radius 1 is 1.10 bits per heavy atom. The number of ether oxygens (including phenoxy) is 1. The number of nitrogens with zero attached hydrogens (tertiary/aromatic N) is 2. The predicted molar refractivity (Wildman–Crippen MR) is 116 cm³/mol. The zero-order chi connectivity index (χ0) is 22.0. The van der Waals surface area contributed by atoms with Gasteiger partial charge in [0, 0.05) is 23.3 Å². The molecular formula is C23H17N3O5. The molecule has 8 heteroatoms. The van der Waals surface area contributed by atoms with E-state index in [0.717, 1.165) is 0 Å². The van der Waals surface area contributed by atoms with Crippen molar-refractivity contribution in [1.82, 2.24) is 0 Å². The van der Waals surface area contributed by atoms with E-state index in [0.29, 0.717) is 33.8 Å². The fourth-order valence-electron chi connectivity index (χ4n) is 3.24. The lowest BCUT2D eigenvalue weighted by molar-refractivity contribution is -0.384. The molecule has 0 saturated heterocycles. The third-order valence-corrected chi connectivity index (χ3v) is 4.74. The van der Waals surface area contributed by atoms with Crippen LogP contribution in [0.25, 0.3) is 6.08 Å². The lowest BCUT2D eigenvalue weighted by atomic mass is 10.00. The molecule has 1 aliphatic rings. The Labute approximate surface area is 177 Å². The number of nitro groups is 1. The van der Waals surface area contributed by atoms with Crippen molar-refractivity contribution in [1.29, 1.82) is 0 Å². The van der Waals surface area contributed by atoms with E-state index in [1.807, 2.05) is 30.3 Å². The highest BCUT2D eigenvalue weighted by molar-refractivity contribution is 6.23.